The molecule has 0 saturated carbocycles. The maximum absolute atomic E-state index is 13.9. The van der Waals surface area contributed by atoms with Crippen LogP contribution in [0.25, 0.3) is 10.4 Å². The number of nitrogens with zero attached hydrogens (tertiary/aromatic N) is 1. The highest BCUT2D eigenvalue weighted by atomic mass is 32.1. The molecule has 2 aromatic carbocycles. The summed E-state index contributed by atoms with van der Waals surface area (Å²) in [6.07, 6.45) is 0. The minimum absolute atomic E-state index is 0.246. The van der Waals surface area contributed by atoms with Crippen LogP contribution in [-0.4, -0.2) is 26.2 Å². The summed E-state index contributed by atoms with van der Waals surface area (Å²) in [7, 11) is 1.57. The number of carbonyl (C=O) groups excluding carboxylic acids is 1. The molecule has 1 aromatic heterocycles. The molecule has 0 unspecified atom stereocenters. The van der Waals surface area contributed by atoms with E-state index in [1.807, 2.05) is 24.3 Å². The first kappa shape index (κ1) is 16.6. The molecule has 1 aliphatic rings. The molecule has 26 heavy (non-hydrogen) atoms. The molecule has 0 aliphatic carbocycles. The van der Waals surface area contributed by atoms with Crippen molar-refractivity contribution in [2.75, 3.05) is 25.2 Å². The SMILES string of the molecule is CN(C(=O)c1ccc(-c2ccc3c(c2)OCCO3)s1)c1ccccc1F. The summed E-state index contributed by atoms with van der Waals surface area (Å²) >= 11 is 1.36. The Morgan fingerprint density at radius 1 is 1.04 bits per heavy atom. The van der Waals surface area contributed by atoms with E-state index in [4.69, 9.17) is 9.47 Å². The summed E-state index contributed by atoms with van der Waals surface area (Å²) in [6, 6.07) is 15.6. The van der Waals surface area contributed by atoms with Gasteiger partial charge in [0.05, 0.1) is 10.6 Å². The summed E-state index contributed by atoms with van der Waals surface area (Å²) in [5, 5.41) is 0. The molecule has 6 heteroatoms. The lowest BCUT2D eigenvalue weighted by Gasteiger charge is -2.18. The number of hydrogen-bond donors (Lipinski definition) is 0. The molecule has 3 aromatic rings. The van der Waals surface area contributed by atoms with Gasteiger partial charge in [-0.25, -0.2) is 4.39 Å². The van der Waals surface area contributed by atoms with Gasteiger partial charge in [0, 0.05) is 11.9 Å². The molecule has 0 N–H and O–H groups in total. The predicted molar refractivity (Wildman–Crippen MR) is 99.9 cm³/mol. The lowest BCUT2D eigenvalue weighted by atomic mass is 10.1. The van der Waals surface area contributed by atoms with Crippen molar-refractivity contribution in [1.82, 2.24) is 0 Å². The Kier molecular flexibility index (Phi) is 4.34. The van der Waals surface area contributed by atoms with Gasteiger partial charge in [0.1, 0.15) is 19.0 Å². The maximum Gasteiger partial charge on any atom is 0.268 e. The van der Waals surface area contributed by atoms with Crippen LogP contribution in [0.15, 0.2) is 54.6 Å². The topological polar surface area (TPSA) is 38.8 Å². The van der Waals surface area contributed by atoms with Crippen molar-refractivity contribution < 1.29 is 18.7 Å². The Morgan fingerprint density at radius 3 is 2.62 bits per heavy atom. The van der Waals surface area contributed by atoms with Gasteiger partial charge in [0.2, 0.25) is 0 Å². The molecule has 4 nitrogen and oxygen atoms in total. The van der Waals surface area contributed by atoms with Crippen LogP contribution in [0.5, 0.6) is 11.5 Å². The Bertz CT molecular complexity index is 969. The molecular formula is C20H16FNO3S. The molecule has 0 saturated heterocycles. The summed E-state index contributed by atoms with van der Waals surface area (Å²) in [5.41, 5.74) is 1.21. The summed E-state index contributed by atoms with van der Waals surface area (Å²) in [4.78, 5) is 15.5. The zero-order chi connectivity index (χ0) is 18.1. The van der Waals surface area contributed by atoms with E-state index >= 15 is 0 Å². The molecule has 0 radical (unpaired) electrons. The number of amides is 1. The first-order valence-corrected chi connectivity index (χ1v) is 8.97. The third kappa shape index (κ3) is 3.04. The lowest BCUT2D eigenvalue weighted by molar-refractivity contribution is 0.0996. The fourth-order valence-corrected chi connectivity index (χ4v) is 3.78. The smallest absolute Gasteiger partial charge is 0.268 e. The highest BCUT2D eigenvalue weighted by Crippen LogP contribution is 2.37. The van der Waals surface area contributed by atoms with Gasteiger partial charge in [-0.1, -0.05) is 12.1 Å². The van der Waals surface area contributed by atoms with Crippen molar-refractivity contribution in [2.45, 2.75) is 0 Å². The number of halogens is 1. The molecule has 0 bridgehead atoms. The number of para-hydroxylation sites is 1. The van der Waals surface area contributed by atoms with Gasteiger partial charge >= 0.3 is 0 Å². The van der Waals surface area contributed by atoms with E-state index in [1.165, 1.54) is 22.3 Å². The van der Waals surface area contributed by atoms with Crippen molar-refractivity contribution in [3.05, 3.63) is 65.3 Å². The van der Waals surface area contributed by atoms with Crippen LogP contribution in [0.1, 0.15) is 9.67 Å². The predicted octanol–water partition coefficient (Wildman–Crippen LogP) is 4.60. The van der Waals surface area contributed by atoms with Gasteiger partial charge in [-0.3, -0.25) is 4.79 Å². The third-order valence-corrected chi connectivity index (χ3v) is 5.28. The maximum atomic E-state index is 13.9. The highest BCUT2D eigenvalue weighted by molar-refractivity contribution is 7.17. The third-order valence-electron chi connectivity index (χ3n) is 4.16. The monoisotopic (exact) mass is 369 g/mol. The van der Waals surface area contributed by atoms with Gasteiger partial charge in [0.25, 0.3) is 5.91 Å². The second-order valence-corrected chi connectivity index (χ2v) is 6.92. The molecule has 1 aliphatic heterocycles. The molecule has 1 amide bonds. The van der Waals surface area contributed by atoms with E-state index in [-0.39, 0.29) is 11.6 Å². The van der Waals surface area contributed by atoms with E-state index in [1.54, 1.807) is 31.3 Å². The second kappa shape index (κ2) is 6.80. The summed E-state index contributed by atoms with van der Waals surface area (Å²) in [6.45, 7) is 1.07. The number of hydrogen-bond acceptors (Lipinski definition) is 4. The minimum Gasteiger partial charge on any atom is -0.486 e. The quantitative estimate of drug-likeness (QED) is 0.677. The van der Waals surface area contributed by atoms with Crippen LogP contribution < -0.4 is 14.4 Å². The number of anilines is 1. The van der Waals surface area contributed by atoms with Crippen LogP contribution in [0.4, 0.5) is 10.1 Å². The highest BCUT2D eigenvalue weighted by Gasteiger charge is 2.19. The van der Waals surface area contributed by atoms with Crippen molar-refractivity contribution in [3.63, 3.8) is 0 Å². The first-order chi connectivity index (χ1) is 12.6. The van der Waals surface area contributed by atoms with E-state index in [0.717, 1.165) is 16.2 Å². The standard InChI is InChI=1S/C20H16FNO3S/c1-22(15-5-3-2-4-14(15)21)20(23)19-9-8-18(26-19)13-6-7-16-17(12-13)25-11-10-24-16/h2-9,12H,10-11H2,1H3. The normalized spacial score (nSPS) is 12.7. The van der Waals surface area contributed by atoms with Crippen LogP contribution >= 0.6 is 11.3 Å². The molecule has 0 spiro atoms. The minimum atomic E-state index is -0.424. The van der Waals surface area contributed by atoms with Gasteiger partial charge < -0.3 is 14.4 Å². The van der Waals surface area contributed by atoms with Gasteiger partial charge in [-0.15, -0.1) is 11.3 Å². The zero-order valence-corrected chi connectivity index (χ0v) is 14.9. The van der Waals surface area contributed by atoms with Crippen molar-refractivity contribution in [1.29, 1.82) is 0 Å². The Labute approximate surface area is 154 Å². The number of carbonyl (C=O) groups is 1. The number of fused-ring (bicyclic) bond motifs is 1. The molecule has 2 heterocycles. The Balaban J connectivity index is 1.60. The Morgan fingerprint density at radius 2 is 1.81 bits per heavy atom. The fourth-order valence-electron chi connectivity index (χ4n) is 2.80. The van der Waals surface area contributed by atoms with Gasteiger partial charge in [-0.2, -0.15) is 0 Å². The van der Waals surface area contributed by atoms with Crippen LogP contribution in [-0.2, 0) is 0 Å². The lowest BCUT2D eigenvalue weighted by Crippen LogP contribution is -2.26. The molecular weight excluding hydrogens is 353 g/mol. The van der Waals surface area contributed by atoms with Crippen LogP contribution in [0.2, 0.25) is 0 Å². The van der Waals surface area contributed by atoms with Gasteiger partial charge in [0.15, 0.2) is 11.5 Å². The number of ether oxygens (including phenoxy) is 2. The fraction of sp³-hybridized carbons (Fsp3) is 0.150. The molecule has 132 valence electrons. The Hall–Kier alpha value is -2.86. The number of thiophene rings is 1. The van der Waals surface area contributed by atoms with Gasteiger partial charge in [-0.05, 0) is 48.0 Å². The molecule has 4 rings (SSSR count). The van der Waals surface area contributed by atoms with E-state index in [0.29, 0.717) is 23.8 Å². The van der Waals surface area contributed by atoms with E-state index < -0.39 is 5.82 Å². The average Bonchev–Trinajstić information content (AvgIpc) is 3.17. The average molecular weight is 369 g/mol. The largest absolute Gasteiger partial charge is 0.486 e. The number of benzene rings is 2. The van der Waals surface area contributed by atoms with Crippen molar-refractivity contribution in [2.24, 2.45) is 0 Å². The molecule has 0 fully saturated rings. The van der Waals surface area contributed by atoms with Crippen LogP contribution in [0.3, 0.4) is 0 Å². The van der Waals surface area contributed by atoms with E-state index in [9.17, 15) is 9.18 Å². The van der Waals surface area contributed by atoms with Crippen molar-refractivity contribution in [3.8, 4) is 21.9 Å². The first-order valence-electron chi connectivity index (χ1n) is 8.16. The number of rotatable bonds is 3. The van der Waals surface area contributed by atoms with Crippen molar-refractivity contribution >= 4 is 22.9 Å². The molecule has 0 atom stereocenters. The van der Waals surface area contributed by atoms with E-state index in [2.05, 4.69) is 0 Å². The zero-order valence-electron chi connectivity index (χ0n) is 14.1. The summed E-state index contributed by atoms with van der Waals surface area (Å²) in [5.74, 6) is 0.765. The second-order valence-electron chi connectivity index (χ2n) is 5.84. The summed E-state index contributed by atoms with van der Waals surface area (Å²) < 4.78 is 25.1. The van der Waals surface area contributed by atoms with Crippen LogP contribution in [0, 0.1) is 5.82 Å².